The van der Waals surface area contributed by atoms with Crippen molar-refractivity contribution in [3.8, 4) is 0 Å². The van der Waals surface area contributed by atoms with Crippen molar-refractivity contribution >= 4 is 29.1 Å². The molecule has 1 aromatic heterocycles. The van der Waals surface area contributed by atoms with Crippen LogP contribution in [0.2, 0.25) is 0 Å². The fourth-order valence-electron chi connectivity index (χ4n) is 4.82. The van der Waals surface area contributed by atoms with Gasteiger partial charge in [-0.25, -0.2) is 4.99 Å². The number of aromatic nitrogens is 1. The third-order valence-corrected chi connectivity index (χ3v) is 6.81. The molecule has 210 valence electrons. The van der Waals surface area contributed by atoms with Crippen molar-refractivity contribution in [3.63, 3.8) is 0 Å². The molecule has 0 radical (unpaired) electrons. The summed E-state index contributed by atoms with van der Waals surface area (Å²) in [5.41, 5.74) is 8.43. The molecule has 3 N–H and O–H groups in total. The molecule has 3 atom stereocenters. The van der Waals surface area contributed by atoms with E-state index in [1.165, 1.54) is 18.9 Å². The number of para-hydroxylation sites is 1. The third kappa shape index (κ3) is 6.22. The zero-order chi connectivity index (χ0) is 29.0. The molecular weight excluding hydrogens is 527 g/mol. The van der Waals surface area contributed by atoms with Gasteiger partial charge in [0.1, 0.15) is 6.26 Å². The summed E-state index contributed by atoms with van der Waals surface area (Å²) in [6, 6.07) is 16.2. The Balaban J connectivity index is 1.73. The van der Waals surface area contributed by atoms with Crippen molar-refractivity contribution in [1.82, 2.24) is 10.5 Å². The zero-order valence-electron chi connectivity index (χ0n) is 21.8. The van der Waals surface area contributed by atoms with Crippen LogP contribution in [0.1, 0.15) is 47.6 Å². The molecule has 9 nitrogen and oxygen atoms in total. The van der Waals surface area contributed by atoms with Gasteiger partial charge in [-0.1, -0.05) is 53.7 Å². The Hall–Kier alpha value is -4.48. The van der Waals surface area contributed by atoms with Crippen LogP contribution in [0, 0.1) is 12.8 Å². The van der Waals surface area contributed by atoms with E-state index in [2.05, 4.69) is 15.5 Å². The van der Waals surface area contributed by atoms with Gasteiger partial charge in [-0.2, -0.15) is 13.2 Å². The lowest BCUT2D eigenvalue weighted by Gasteiger charge is -2.26. The van der Waals surface area contributed by atoms with Crippen LogP contribution in [0.4, 0.5) is 18.9 Å². The van der Waals surface area contributed by atoms with Gasteiger partial charge < -0.3 is 20.5 Å². The van der Waals surface area contributed by atoms with Crippen molar-refractivity contribution in [2.45, 2.75) is 44.4 Å². The lowest BCUT2D eigenvalue weighted by molar-refractivity contribution is -0.139. The molecule has 0 fully saturated rings. The fraction of sp³-hybridized carbons (Fsp3) is 0.321. The van der Waals surface area contributed by atoms with Gasteiger partial charge in [0.25, 0.3) is 5.91 Å². The number of carbonyl (C=O) groups excluding carboxylic acids is 3. The summed E-state index contributed by atoms with van der Waals surface area (Å²) < 4.78 is 43.8. The number of rotatable bonds is 9. The number of benzene rings is 2. The number of amides is 3. The molecule has 0 saturated carbocycles. The first-order valence-corrected chi connectivity index (χ1v) is 12.6. The van der Waals surface area contributed by atoms with Crippen LogP contribution >= 0.6 is 0 Å². The third-order valence-electron chi connectivity index (χ3n) is 6.81. The number of anilines is 1. The zero-order valence-corrected chi connectivity index (χ0v) is 21.8. The average molecular weight is 556 g/mol. The Bertz CT molecular complexity index is 1420. The number of likely N-dealkylation sites (N-methyl/N-ethyl adjacent to an activating group) is 1. The normalized spacial score (nSPS) is 16.9. The molecule has 2 heterocycles. The highest BCUT2D eigenvalue weighted by Crippen LogP contribution is 2.33. The molecule has 1 aliphatic rings. The van der Waals surface area contributed by atoms with E-state index in [-0.39, 0.29) is 17.7 Å². The highest BCUT2D eigenvalue weighted by atomic mass is 19.4. The highest BCUT2D eigenvalue weighted by Gasteiger charge is 2.39. The molecule has 0 saturated heterocycles. The standard InChI is InChI=1S/C28H28F3N5O4/c1-16-20(15-40-35-16)22(24(32)37)19(12-8-14-28(29,30)31)26(38)34-25-27(39)36(2)21-13-7-6-11-18(21)23(33-25)17-9-4-3-5-10-17/h3-7,9-11,13,15,19,22,25H,8,12,14H2,1-2H3,(H2,32,37)(H,34,38)/t19-,22-,25-/m1/s1. The largest absolute Gasteiger partial charge is 0.389 e. The van der Waals surface area contributed by atoms with E-state index in [0.29, 0.717) is 22.5 Å². The molecule has 0 aliphatic carbocycles. The number of carbonyl (C=O) groups is 3. The Morgan fingerprint density at radius 2 is 1.80 bits per heavy atom. The molecule has 1 aliphatic heterocycles. The predicted octanol–water partition coefficient (Wildman–Crippen LogP) is 3.86. The number of hydrogen-bond donors (Lipinski definition) is 2. The average Bonchev–Trinajstić information content (AvgIpc) is 3.30. The number of benzodiazepines with no additional fused rings is 1. The van der Waals surface area contributed by atoms with Crippen molar-refractivity contribution in [2.75, 3.05) is 11.9 Å². The van der Waals surface area contributed by atoms with Crippen LogP contribution in [0.5, 0.6) is 0 Å². The van der Waals surface area contributed by atoms with E-state index in [0.717, 1.165) is 6.26 Å². The van der Waals surface area contributed by atoms with E-state index in [1.54, 1.807) is 36.4 Å². The summed E-state index contributed by atoms with van der Waals surface area (Å²) in [5.74, 6) is -5.05. The Morgan fingerprint density at radius 3 is 2.42 bits per heavy atom. The van der Waals surface area contributed by atoms with Crippen molar-refractivity contribution < 1.29 is 32.1 Å². The fourth-order valence-corrected chi connectivity index (χ4v) is 4.82. The van der Waals surface area contributed by atoms with Gasteiger partial charge in [0.15, 0.2) is 0 Å². The second-order valence-electron chi connectivity index (χ2n) is 9.52. The summed E-state index contributed by atoms with van der Waals surface area (Å²) in [4.78, 5) is 45.7. The van der Waals surface area contributed by atoms with Gasteiger partial charge >= 0.3 is 6.18 Å². The van der Waals surface area contributed by atoms with E-state index in [1.807, 2.05) is 18.2 Å². The molecule has 4 rings (SSSR count). The Morgan fingerprint density at radius 1 is 1.12 bits per heavy atom. The summed E-state index contributed by atoms with van der Waals surface area (Å²) in [7, 11) is 1.54. The summed E-state index contributed by atoms with van der Waals surface area (Å²) in [6.45, 7) is 1.52. The number of hydrogen-bond acceptors (Lipinski definition) is 6. The Labute approximate surface area is 228 Å². The van der Waals surface area contributed by atoms with Crippen LogP contribution in [0.3, 0.4) is 0 Å². The Kier molecular flexibility index (Phi) is 8.36. The van der Waals surface area contributed by atoms with E-state index in [4.69, 9.17) is 10.3 Å². The summed E-state index contributed by atoms with van der Waals surface area (Å²) in [5, 5.41) is 6.30. The van der Waals surface area contributed by atoms with Gasteiger partial charge in [0, 0.05) is 30.2 Å². The molecular formula is C28H28F3N5O4. The van der Waals surface area contributed by atoms with E-state index >= 15 is 0 Å². The van der Waals surface area contributed by atoms with E-state index in [9.17, 15) is 27.6 Å². The smallest absolute Gasteiger partial charge is 0.369 e. The topological polar surface area (TPSA) is 131 Å². The maximum atomic E-state index is 13.7. The minimum atomic E-state index is -4.46. The molecule has 3 amide bonds. The second kappa shape index (κ2) is 11.7. The van der Waals surface area contributed by atoms with Crippen molar-refractivity contribution in [1.29, 1.82) is 0 Å². The molecule has 0 bridgehead atoms. The first-order chi connectivity index (χ1) is 19.0. The molecule has 0 unspecified atom stereocenters. The van der Waals surface area contributed by atoms with Gasteiger partial charge in [-0.3, -0.25) is 14.4 Å². The minimum absolute atomic E-state index is 0.185. The summed E-state index contributed by atoms with van der Waals surface area (Å²) >= 11 is 0. The van der Waals surface area contributed by atoms with Gasteiger partial charge in [0.2, 0.25) is 18.0 Å². The van der Waals surface area contributed by atoms with E-state index < -0.39 is 54.7 Å². The number of nitrogens with one attached hydrogen (secondary N) is 1. The monoisotopic (exact) mass is 555 g/mol. The molecule has 3 aromatic rings. The lowest BCUT2D eigenvalue weighted by Crippen LogP contribution is -2.49. The van der Waals surface area contributed by atoms with Crippen LogP contribution in [0.25, 0.3) is 0 Å². The molecule has 12 heteroatoms. The van der Waals surface area contributed by atoms with Crippen LogP contribution in [-0.4, -0.2) is 48.0 Å². The van der Waals surface area contributed by atoms with Gasteiger partial charge in [-0.15, -0.1) is 0 Å². The number of halogens is 3. The first kappa shape index (κ1) is 28.5. The van der Waals surface area contributed by atoms with Crippen LogP contribution in [-0.2, 0) is 14.4 Å². The maximum Gasteiger partial charge on any atom is 0.389 e. The molecule has 40 heavy (non-hydrogen) atoms. The minimum Gasteiger partial charge on any atom is -0.369 e. The number of aryl methyl sites for hydroxylation is 1. The molecule has 2 aromatic carbocycles. The number of aliphatic imine (C=N–C) groups is 1. The number of primary amides is 1. The van der Waals surface area contributed by atoms with Crippen LogP contribution in [0.15, 0.2) is 70.4 Å². The predicted molar refractivity (Wildman–Crippen MR) is 140 cm³/mol. The van der Waals surface area contributed by atoms with Crippen molar-refractivity contribution in [2.24, 2.45) is 16.6 Å². The SMILES string of the molecule is Cc1nocc1[C@H](C(N)=O)[C@@H](CCCC(F)(F)F)C(=O)N[C@H]1N=C(c2ccccc2)c2ccccc2N(C)C1=O. The van der Waals surface area contributed by atoms with Gasteiger partial charge in [0.05, 0.1) is 28.9 Å². The van der Waals surface area contributed by atoms with Crippen molar-refractivity contribution in [3.05, 3.63) is 83.2 Å². The number of nitrogens with zero attached hydrogens (tertiary/aromatic N) is 3. The summed E-state index contributed by atoms with van der Waals surface area (Å²) in [6.07, 6.45) is -6.70. The number of alkyl halides is 3. The molecule has 0 spiro atoms. The lowest BCUT2D eigenvalue weighted by atomic mass is 9.81. The first-order valence-electron chi connectivity index (χ1n) is 12.6. The highest BCUT2D eigenvalue weighted by molar-refractivity contribution is 6.20. The number of fused-ring (bicyclic) bond motifs is 1. The van der Waals surface area contributed by atoms with Crippen LogP contribution < -0.4 is 16.0 Å². The van der Waals surface area contributed by atoms with Gasteiger partial charge in [-0.05, 0) is 25.8 Å². The number of nitrogens with two attached hydrogens (primary N) is 1. The second-order valence-corrected chi connectivity index (χ2v) is 9.52. The maximum absolute atomic E-state index is 13.7. The quantitative estimate of drug-likeness (QED) is 0.414.